The lowest BCUT2D eigenvalue weighted by Gasteiger charge is -2.38. The number of aromatic nitrogens is 5. The van der Waals surface area contributed by atoms with Crippen LogP contribution in [0.25, 0.3) is 5.65 Å². The zero-order valence-electron chi connectivity index (χ0n) is 13.1. The molecule has 23 heavy (non-hydrogen) atoms. The Morgan fingerprint density at radius 3 is 2.74 bits per heavy atom. The normalized spacial score (nSPS) is 17.5. The molecule has 3 aromatic heterocycles. The monoisotopic (exact) mass is 309 g/mol. The number of fused-ring (bicyclic) bond motifs is 1. The lowest BCUT2D eigenvalue weighted by molar-refractivity contribution is 0.198. The molecule has 0 bridgehead atoms. The fourth-order valence-corrected chi connectivity index (χ4v) is 3.06. The van der Waals surface area contributed by atoms with Gasteiger partial charge >= 0.3 is 0 Å². The van der Waals surface area contributed by atoms with Gasteiger partial charge in [0.2, 0.25) is 0 Å². The van der Waals surface area contributed by atoms with E-state index in [9.17, 15) is 0 Å². The molecular weight excluding hydrogens is 290 g/mol. The molecule has 1 atom stereocenters. The second kappa shape index (κ2) is 5.92. The quantitative estimate of drug-likeness (QED) is 0.729. The Labute approximate surface area is 134 Å². The van der Waals surface area contributed by atoms with Gasteiger partial charge in [-0.25, -0.2) is 0 Å². The predicted molar refractivity (Wildman–Crippen MR) is 87.2 cm³/mol. The molecule has 1 fully saturated rings. The van der Waals surface area contributed by atoms with Crippen LogP contribution in [0.1, 0.15) is 18.5 Å². The highest BCUT2D eigenvalue weighted by atomic mass is 15.4. The molecule has 3 aromatic rings. The molecule has 0 aromatic carbocycles. The highest BCUT2D eigenvalue weighted by molar-refractivity contribution is 5.45. The van der Waals surface area contributed by atoms with E-state index >= 15 is 0 Å². The van der Waals surface area contributed by atoms with Crippen molar-refractivity contribution in [1.82, 2.24) is 29.7 Å². The Balaban J connectivity index is 1.44. The van der Waals surface area contributed by atoms with E-state index in [2.05, 4.69) is 43.1 Å². The van der Waals surface area contributed by atoms with Crippen molar-refractivity contribution in [2.45, 2.75) is 13.0 Å². The number of pyridine rings is 1. The first-order chi connectivity index (χ1) is 11.3. The molecule has 7 heteroatoms. The summed E-state index contributed by atoms with van der Waals surface area (Å²) in [7, 11) is 0. The lowest BCUT2D eigenvalue weighted by Crippen LogP contribution is -2.47. The second-order valence-electron chi connectivity index (χ2n) is 5.81. The van der Waals surface area contributed by atoms with E-state index in [0.29, 0.717) is 6.04 Å². The molecule has 0 radical (unpaired) electrons. The van der Waals surface area contributed by atoms with Crippen LogP contribution in [-0.2, 0) is 0 Å². The second-order valence-corrected chi connectivity index (χ2v) is 5.81. The molecule has 4 rings (SSSR count). The molecule has 118 valence electrons. The van der Waals surface area contributed by atoms with E-state index in [-0.39, 0.29) is 0 Å². The Morgan fingerprint density at radius 1 is 1.09 bits per heavy atom. The third-order valence-corrected chi connectivity index (χ3v) is 4.50. The van der Waals surface area contributed by atoms with Crippen LogP contribution in [-0.4, -0.2) is 55.9 Å². The third-order valence-electron chi connectivity index (χ3n) is 4.50. The fraction of sp³-hybridized carbons (Fsp3) is 0.375. The van der Waals surface area contributed by atoms with Crippen molar-refractivity contribution in [3.8, 4) is 0 Å². The third kappa shape index (κ3) is 2.75. The molecule has 1 aliphatic heterocycles. The van der Waals surface area contributed by atoms with Crippen molar-refractivity contribution in [2.75, 3.05) is 31.1 Å². The van der Waals surface area contributed by atoms with Crippen LogP contribution in [0.4, 0.5) is 5.82 Å². The summed E-state index contributed by atoms with van der Waals surface area (Å²) in [5, 5.41) is 12.4. The van der Waals surface area contributed by atoms with Crippen molar-refractivity contribution in [3.63, 3.8) is 0 Å². The summed E-state index contributed by atoms with van der Waals surface area (Å²) >= 11 is 0. The molecule has 0 spiro atoms. The fourth-order valence-electron chi connectivity index (χ4n) is 3.06. The van der Waals surface area contributed by atoms with E-state index in [1.54, 1.807) is 10.8 Å². The van der Waals surface area contributed by atoms with Gasteiger partial charge in [-0.1, -0.05) is 6.07 Å². The van der Waals surface area contributed by atoms with Gasteiger partial charge in [0.25, 0.3) is 0 Å². The van der Waals surface area contributed by atoms with Crippen LogP contribution < -0.4 is 4.90 Å². The van der Waals surface area contributed by atoms with Crippen LogP contribution >= 0.6 is 0 Å². The number of rotatable bonds is 3. The minimum Gasteiger partial charge on any atom is -0.353 e. The lowest BCUT2D eigenvalue weighted by atomic mass is 10.1. The van der Waals surface area contributed by atoms with Gasteiger partial charge in [-0.2, -0.15) is 4.52 Å². The molecule has 0 aliphatic carbocycles. The molecule has 0 unspecified atom stereocenters. The SMILES string of the molecule is C[C@H](c1cccnc1)N1CCN(c2ccc3nncn3n2)CC1. The van der Waals surface area contributed by atoms with Crippen LogP contribution in [0.2, 0.25) is 0 Å². The Kier molecular flexibility index (Phi) is 3.63. The highest BCUT2D eigenvalue weighted by Crippen LogP contribution is 2.22. The topological polar surface area (TPSA) is 62.5 Å². The van der Waals surface area contributed by atoms with Gasteiger partial charge in [0, 0.05) is 44.6 Å². The minimum atomic E-state index is 0.388. The van der Waals surface area contributed by atoms with Gasteiger partial charge in [-0.15, -0.1) is 15.3 Å². The molecule has 0 amide bonds. The van der Waals surface area contributed by atoms with Crippen LogP contribution in [0.15, 0.2) is 43.0 Å². The van der Waals surface area contributed by atoms with Gasteiger partial charge in [-0.3, -0.25) is 9.88 Å². The standard InChI is InChI=1S/C16H19N7/c1-13(14-3-2-6-17-11-14)21-7-9-22(10-8-21)16-5-4-15-19-18-12-23(15)20-16/h2-6,11-13H,7-10H2,1H3/t13-/m1/s1. The average Bonchev–Trinajstić information content (AvgIpc) is 3.10. The maximum Gasteiger partial charge on any atom is 0.177 e. The van der Waals surface area contributed by atoms with Gasteiger partial charge in [0.15, 0.2) is 5.65 Å². The van der Waals surface area contributed by atoms with Crippen molar-refractivity contribution < 1.29 is 0 Å². The summed E-state index contributed by atoms with van der Waals surface area (Å²) in [4.78, 5) is 9.03. The maximum atomic E-state index is 4.58. The summed E-state index contributed by atoms with van der Waals surface area (Å²) in [6.45, 7) is 6.19. The Morgan fingerprint density at radius 2 is 1.96 bits per heavy atom. The van der Waals surface area contributed by atoms with E-state index in [1.165, 1.54) is 5.56 Å². The summed E-state index contributed by atoms with van der Waals surface area (Å²) in [5.41, 5.74) is 2.04. The first-order valence-corrected chi connectivity index (χ1v) is 7.87. The molecule has 0 N–H and O–H groups in total. The van der Waals surface area contributed by atoms with Crippen LogP contribution in [0, 0.1) is 0 Å². The molecule has 1 aliphatic rings. The summed E-state index contributed by atoms with van der Waals surface area (Å²) in [6.07, 6.45) is 5.42. The summed E-state index contributed by atoms with van der Waals surface area (Å²) < 4.78 is 1.72. The molecule has 0 saturated carbocycles. The van der Waals surface area contributed by atoms with E-state index < -0.39 is 0 Å². The van der Waals surface area contributed by atoms with Gasteiger partial charge in [0.1, 0.15) is 12.1 Å². The predicted octanol–water partition coefficient (Wildman–Crippen LogP) is 1.40. The number of nitrogens with zero attached hydrogens (tertiary/aromatic N) is 7. The van der Waals surface area contributed by atoms with Crippen molar-refractivity contribution in [2.24, 2.45) is 0 Å². The van der Waals surface area contributed by atoms with E-state index in [1.807, 2.05) is 30.6 Å². The Bertz CT molecular complexity index is 777. The number of hydrogen-bond acceptors (Lipinski definition) is 6. The average molecular weight is 309 g/mol. The molecule has 7 nitrogen and oxygen atoms in total. The minimum absolute atomic E-state index is 0.388. The summed E-state index contributed by atoms with van der Waals surface area (Å²) in [6, 6.07) is 8.51. The van der Waals surface area contributed by atoms with Crippen LogP contribution in [0.5, 0.6) is 0 Å². The first kappa shape index (κ1) is 14.1. The van der Waals surface area contributed by atoms with E-state index in [0.717, 1.165) is 37.6 Å². The number of anilines is 1. The van der Waals surface area contributed by atoms with Crippen molar-refractivity contribution >= 4 is 11.5 Å². The van der Waals surface area contributed by atoms with Gasteiger partial charge in [0.05, 0.1) is 0 Å². The molecule has 1 saturated heterocycles. The zero-order chi connectivity index (χ0) is 15.6. The van der Waals surface area contributed by atoms with Crippen molar-refractivity contribution in [3.05, 3.63) is 48.5 Å². The van der Waals surface area contributed by atoms with Gasteiger partial charge in [-0.05, 0) is 30.7 Å². The van der Waals surface area contributed by atoms with Gasteiger partial charge < -0.3 is 4.90 Å². The molecular formula is C16H19N7. The number of hydrogen-bond donors (Lipinski definition) is 0. The van der Waals surface area contributed by atoms with Crippen molar-refractivity contribution in [1.29, 1.82) is 0 Å². The maximum absolute atomic E-state index is 4.58. The smallest absolute Gasteiger partial charge is 0.177 e. The first-order valence-electron chi connectivity index (χ1n) is 7.87. The highest BCUT2D eigenvalue weighted by Gasteiger charge is 2.23. The summed E-state index contributed by atoms with van der Waals surface area (Å²) in [5.74, 6) is 0.978. The number of piperazine rings is 1. The zero-order valence-corrected chi connectivity index (χ0v) is 13.1. The van der Waals surface area contributed by atoms with E-state index in [4.69, 9.17) is 0 Å². The Hall–Kier alpha value is -2.54. The largest absolute Gasteiger partial charge is 0.353 e. The van der Waals surface area contributed by atoms with Crippen LogP contribution in [0.3, 0.4) is 0 Å². The molecule has 4 heterocycles.